The van der Waals surface area contributed by atoms with E-state index in [0.29, 0.717) is 6.04 Å². The zero-order valence-electron chi connectivity index (χ0n) is 8.22. The van der Waals surface area contributed by atoms with Gasteiger partial charge >= 0.3 is 0 Å². The topological polar surface area (TPSA) is 21.3 Å². The molecule has 1 aromatic rings. The molecule has 0 spiro atoms. The standard InChI is InChI=1S/C11H14BrNO/c1-14-11-5-4-8(7-9(11)12)10-3-2-6-13-10/h4-5,7,10,13H,2-3,6H2,1H3/t10-/m1/s1. The van der Waals surface area contributed by atoms with Crippen molar-refractivity contribution in [2.45, 2.75) is 18.9 Å². The minimum Gasteiger partial charge on any atom is -0.496 e. The number of nitrogens with one attached hydrogen (secondary N) is 1. The fourth-order valence-corrected chi connectivity index (χ4v) is 2.43. The Morgan fingerprint density at radius 1 is 1.50 bits per heavy atom. The van der Waals surface area contributed by atoms with Crippen LogP contribution in [-0.4, -0.2) is 13.7 Å². The molecule has 0 unspecified atom stereocenters. The number of methoxy groups -OCH3 is 1. The highest BCUT2D eigenvalue weighted by Crippen LogP contribution is 2.30. The lowest BCUT2D eigenvalue weighted by molar-refractivity contribution is 0.411. The van der Waals surface area contributed by atoms with E-state index in [2.05, 4.69) is 33.4 Å². The largest absolute Gasteiger partial charge is 0.496 e. The Bertz CT molecular complexity index is 321. The number of hydrogen-bond acceptors (Lipinski definition) is 2. The van der Waals surface area contributed by atoms with Crippen LogP contribution < -0.4 is 10.1 Å². The Labute approximate surface area is 92.8 Å². The second-order valence-corrected chi connectivity index (χ2v) is 4.40. The van der Waals surface area contributed by atoms with Crippen molar-refractivity contribution in [2.24, 2.45) is 0 Å². The van der Waals surface area contributed by atoms with Crippen molar-refractivity contribution in [3.05, 3.63) is 28.2 Å². The van der Waals surface area contributed by atoms with Crippen molar-refractivity contribution in [3.63, 3.8) is 0 Å². The van der Waals surface area contributed by atoms with Crippen LogP contribution >= 0.6 is 15.9 Å². The number of hydrogen-bond donors (Lipinski definition) is 1. The summed E-state index contributed by atoms with van der Waals surface area (Å²) in [5.74, 6) is 0.895. The van der Waals surface area contributed by atoms with Gasteiger partial charge in [0, 0.05) is 6.04 Å². The van der Waals surface area contributed by atoms with Crippen LogP contribution in [0.5, 0.6) is 5.75 Å². The molecule has 1 atom stereocenters. The number of halogens is 1. The molecule has 0 aromatic heterocycles. The Morgan fingerprint density at radius 2 is 2.36 bits per heavy atom. The van der Waals surface area contributed by atoms with Crippen molar-refractivity contribution in [1.29, 1.82) is 0 Å². The van der Waals surface area contributed by atoms with Crippen LogP contribution in [0.1, 0.15) is 24.4 Å². The molecule has 3 heteroatoms. The van der Waals surface area contributed by atoms with E-state index in [4.69, 9.17) is 4.74 Å². The van der Waals surface area contributed by atoms with Crippen LogP contribution in [-0.2, 0) is 0 Å². The first-order chi connectivity index (χ1) is 6.81. The van der Waals surface area contributed by atoms with E-state index >= 15 is 0 Å². The SMILES string of the molecule is COc1ccc([C@H]2CCCN2)cc1Br. The van der Waals surface area contributed by atoms with Gasteiger partial charge in [-0.25, -0.2) is 0 Å². The summed E-state index contributed by atoms with van der Waals surface area (Å²) >= 11 is 3.50. The van der Waals surface area contributed by atoms with Gasteiger partial charge in [-0.3, -0.25) is 0 Å². The molecule has 0 bridgehead atoms. The van der Waals surface area contributed by atoms with Crippen molar-refractivity contribution in [2.75, 3.05) is 13.7 Å². The number of ether oxygens (including phenoxy) is 1. The first-order valence-electron chi connectivity index (χ1n) is 4.88. The molecule has 76 valence electrons. The Hall–Kier alpha value is -0.540. The second-order valence-electron chi connectivity index (χ2n) is 3.54. The molecule has 1 heterocycles. The third kappa shape index (κ3) is 1.93. The molecule has 14 heavy (non-hydrogen) atoms. The highest BCUT2D eigenvalue weighted by molar-refractivity contribution is 9.10. The van der Waals surface area contributed by atoms with Gasteiger partial charge in [-0.05, 0) is 53.0 Å². The summed E-state index contributed by atoms with van der Waals surface area (Å²) in [7, 11) is 1.69. The molecule has 1 saturated heterocycles. The highest BCUT2D eigenvalue weighted by atomic mass is 79.9. The predicted octanol–water partition coefficient (Wildman–Crippen LogP) is 2.88. The Kier molecular flexibility index (Phi) is 3.08. The van der Waals surface area contributed by atoms with Crippen LogP contribution in [0.4, 0.5) is 0 Å². The van der Waals surface area contributed by atoms with Crippen molar-refractivity contribution in [1.82, 2.24) is 5.32 Å². The molecule has 2 rings (SSSR count). The molecule has 0 radical (unpaired) electrons. The molecule has 0 saturated carbocycles. The number of benzene rings is 1. The molecule has 1 aromatic carbocycles. The van der Waals surface area contributed by atoms with E-state index in [-0.39, 0.29) is 0 Å². The fraction of sp³-hybridized carbons (Fsp3) is 0.455. The summed E-state index contributed by atoms with van der Waals surface area (Å²) in [6, 6.07) is 6.81. The zero-order chi connectivity index (χ0) is 9.97. The van der Waals surface area contributed by atoms with Crippen LogP contribution in [0.15, 0.2) is 22.7 Å². The quantitative estimate of drug-likeness (QED) is 0.878. The van der Waals surface area contributed by atoms with E-state index in [1.54, 1.807) is 7.11 Å². The molecular formula is C11H14BrNO. The Balaban J connectivity index is 2.23. The van der Waals surface area contributed by atoms with Gasteiger partial charge in [0.05, 0.1) is 11.6 Å². The molecule has 1 N–H and O–H groups in total. The summed E-state index contributed by atoms with van der Waals surface area (Å²) in [4.78, 5) is 0. The lowest BCUT2D eigenvalue weighted by atomic mass is 10.1. The maximum Gasteiger partial charge on any atom is 0.133 e. The van der Waals surface area contributed by atoms with E-state index in [0.717, 1.165) is 16.8 Å². The van der Waals surface area contributed by atoms with Gasteiger partial charge in [-0.15, -0.1) is 0 Å². The maximum atomic E-state index is 5.20. The lowest BCUT2D eigenvalue weighted by Gasteiger charge is -2.12. The summed E-state index contributed by atoms with van der Waals surface area (Å²) in [5, 5.41) is 3.48. The van der Waals surface area contributed by atoms with E-state index in [9.17, 15) is 0 Å². The first kappa shape index (κ1) is 9.99. The molecule has 1 aliphatic heterocycles. The van der Waals surface area contributed by atoms with Gasteiger partial charge in [0.15, 0.2) is 0 Å². The van der Waals surface area contributed by atoms with Crippen LogP contribution in [0.25, 0.3) is 0 Å². The monoisotopic (exact) mass is 255 g/mol. The normalized spacial score (nSPS) is 21.1. The van der Waals surface area contributed by atoms with E-state index < -0.39 is 0 Å². The Morgan fingerprint density at radius 3 is 2.93 bits per heavy atom. The third-order valence-corrected chi connectivity index (χ3v) is 3.26. The van der Waals surface area contributed by atoms with Crippen LogP contribution in [0.3, 0.4) is 0 Å². The van der Waals surface area contributed by atoms with Crippen molar-refractivity contribution >= 4 is 15.9 Å². The zero-order valence-corrected chi connectivity index (χ0v) is 9.80. The summed E-state index contributed by atoms with van der Waals surface area (Å²) < 4.78 is 6.23. The summed E-state index contributed by atoms with van der Waals surface area (Å²) in [5.41, 5.74) is 1.34. The van der Waals surface area contributed by atoms with Gasteiger partial charge in [-0.2, -0.15) is 0 Å². The maximum absolute atomic E-state index is 5.20. The first-order valence-corrected chi connectivity index (χ1v) is 5.67. The van der Waals surface area contributed by atoms with E-state index in [1.165, 1.54) is 18.4 Å². The molecular weight excluding hydrogens is 242 g/mol. The average molecular weight is 256 g/mol. The molecule has 0 aliphatic carbocycles. The van der Waals surface area contributed by atoms with Crippen molar-refractivity contribution in [3.8, 4) is 5.75 Å². The molecule has 2 nitrogen and oxygen atoms in total. The van der Waals surface area contributed by atoms with Gasteiger partial charge in [0.1, 0.15) is 5.75 Å². The smallest absolute Gasteiger partial charge is 0.133 e. The minimum absolute atomic E-state index is 0.525. The summed E-state index contributed by atoms with van der Waals surface area (Å²) in [6.45, 7) is 1.13. The average Bonchev–Trinajstić information content (AvgIpc) is 2.70. The van der Waals surface area contributed by atoms with Gasteiger partial charge in [-0.1, -0.05) is 6.07 Å². The second kappa shape index (κ2) is 4.32. The van der Waals surface area contributed by atoms with Gasteiger partial charge < -0.3 is 10.1 Å². The molecule has 0 amide bonds. The molecule has 1 aliphatic rings. The predicted molar refractivity (Wildman–Crippen MR) is 60.7 cm³/mol. The van der Waals surface area contributed by atoms with Gasteiger partial charge in [0.25, 0.3) is 0 Å². The van der Waals surface area contributed by atoms with Gasteiger partial charge in [0.2, 0.25) is 0 Å². The lowest BCUT2D eigenvalue weighted by Crippen LogP contribution is -2.12. The van der Waals surface area contributed by atoms with Crippen LogP contribution in [0, 0.1) is 0 Å². The fourth-order valence-electron chi connectivity index (χ4n) is 1.87. The molecule has 1 fully saturated rings. The van der Waals surface area contributed by atoms with Crippen LogP contribution in [0.2, 0.25) is 0 Å². The third-order valence-electron chi connectivity index (χ3n) is 2.64. The summed E-state index contributed by atoms with van der Waals surface area (Å²) in [6.07, 6.45) is 2.51. The van der Waals surface area contributed by atoms with E-state index in [1.807, 2.05) is 6.07 Å². The number of rotatable bonds is 2. The van der Waals surface area contributed by atoms with Crippen molar-refractivity contribution < 1.29 is 4.74 Å². The minimum atomic E-state index is 0.525. The highest BCUT2D eigenvalue weighted by Gasteiger charge is 2.16.